The molecule has 1 unspecified atom stereocenters. The summed E-state index contributed by atoms with van der Waals surface area (Å²) in [5.41, 5.74) is 0.239. The van der Waals surface area contributed by atoms with Gasteiger partial charge in [0.25, 0.3) is 0 Å². The maximum Gasteiger partial charge on any atom is 0.243 e. The van der Waals surface area contributed by atoms with Crippen molar-refractivity contribution >= 4 is 23.5 Å². The minimum absolute atomic E-state index is 0.0941. The number of carbonyl (C=O) groups is 2. The van der Waals surface area contributed by atoms with E-state index in [2.05, 4.69) is 24.4 Å². The van der Waals surface area contributed by atoms with Crippen LogP contribution in [0.1, 0.15) is 43.0 Å². The van der Waals surface area contributed by atoms with Gasteiger partial charge in [-0.1, -0.05) is 18.7 Å². The van der Waals surface area contributed by atoms with E-state index < -0.39 is 11.3 Å². The number of benzene rings is 1. The standard InChI is InChI=1S/C22H23N3O3S/c1-14-7-9-22(10-8-14)17(11-23)20(27)25-21(18(22)12-24)29-13-19(26)15-3-5-16(28-2)6-4-15/h3-6,14,17H,7-10,13H2,1-2H3,(H,25,27). The fraction of sp³-hybridized carbons (Fsp3) is 0.455. The van der Waals surface area contributed by atoms with Crippen LogP contribution >= 0.6 is 11.8 Å². The number of allylic oxidation sites excluding steroid dienone is 1. The summed E-state index contributed by atoms with van der Waals surface area (Å²) >= 11 is 1.16. The number of nitriles is 2. The van der Waals surface area contributed by atoms with Crippen LogP contribution in [0, 0.1) is 39.9 Å². The highest BCUT2D eigenvalue weighted by Crippen LogP contribution is 2.53. The third kappa shape index (κ3) is 4.02. The Morgan fingerprint density at radius 2 is 1.93 bits per heavy atom. The van der Waals surface area contributed by atoms with E-state index in [1.54, 1.807) is 31.4 Å². The van der Waals surface area contributed by atoms with Crippen molar-refractivity contribution in [2.45, 2.75) is 32.6 Å². The van der Waals surface area contributed by atoms with Crippen LogP contribution in [-0.4, -0.2) is 24.6 Å². The molecule has 29 heavy (non-hydrogen) atoms. The topological polar surface area (TPSA) is 103 Å². The second kappa shape index (κ2) is 8.71. The number of methoxy groups -OCH3 is 1. The molecule has 1 aliphatic carbocycles. The van der Waals surface area contributed by atoms with Gasteiger partial charge < -0.3 is 10.1 Å². The van der Waals surface area contributed by atoms with Crippen LogP contribution in [-0.2, 0) is 4.79 Å². The van der Waals surface area contributed by atoms with Crippen LogP contribution in [0.4, 0.5) is 0 Å². The molecule has 0 bridgehead atoms. The van der Waals surface area contributed by atoms with Crippen molar-refractivity contribution in [3.05, 3.63) is 40.4 Å². The molecule has 0 aromatic heterocycles. The number of nitrogens with zero attached hydrogens (tertiary/aromatic N) is 2. The minimum atomic E-state index is -0.869. The number of nitrogens with one attached hydrogen (secondary N) is 1. The number of rotatable bonds is 5. The van der Waals surface area contributed by atoms with Crippen LogP contribution < -0.4 is 10.1 Å². The number of ether oxygens (including phenoxy) is 1. The van der Waals surface area contributed by atoms with Crippen LogP contribution in [0.3, 0.4) is 0 Å². The maximum atomic E-state index is 12.6. The lowest BCUT2D eigenvalue weighted by molar-refractivity contribution is -0.127. The Balaban J connectivity index is 1.85. The first-order valence-electron chi connectivity index (χ1n) is 9.60. The number of hydrogen-bond acceptors (Lipinski definition) is 6. The fourth-order valence-electron chi connectivity index (χ4n) is 4.13. The largest absolute Gasteiger partial charge is 0.497 e. The average Bonchev–Trinajstić information content (AvgIpc) is 2.74. The molecule has 1 saturated carbocycles. The zero-order valence-corrected chi connectivity index (χ0v) is 17.3. The molecule has 1 N–H and O–H groups in total. The van der Waals surface area contributed by atoms with Gasteiger partial charge in [0.05, 0.1) is 35.6 Å². The van der Waals surface area contributed by atoms with Gasteiger partial charge in [-0.05, 0) is 55.9 Å². The molecule has 0 radical (unpaired) electrons. The van der Waals surface area contributed by atoms with Gasteiger partial charge in [0.1, 0.15) is 11.7 Å². The number of amides is 1. The van der Waals surface area contributed by atoms with Gasteiger partial charge in [0, 0.05) is 11.0 Å². The fourth-order valence-corrected chi connectivity index (χ4v) is 5.14. The molecule has 2 aliphatic rings. The maximum absolute atomic E-state index is 12.6. The molecular formula is C22H23N3O3S. The number of hydrogen-bond donors (Lipinski definition) is 1. The lowest BCUT2D eigenvalue weighted by Crippen LogP contribution is -2.49. The third-order valence-corrected chi connectivity index (χ3v) is 6.94. The molecule has 150 valence electrons. The van der Waals surface area contributed by atoms with Crippen LogP contribution in [0.2, 0.25) is 0 Å². The van der Waals surface area contributed by atoms with Gasteiger partial charge in [0.2, 0.25) is 5.91 Å². The normalized spacial score (nSPS) is 26.4. The Morgan fingerprint density at radius 1 is 1.28 bits per heavy atom. The summed E-state index contributed by atoms with van der Waals surface area (Å²) < 4.78 is 5.10. The van der Waals surface area contributed by atoms with E-state index in [1.165, 1.54) is 0 Å². The number of thioether (sulfide) groups is 1. The smallest absolute Gasteiger partial charge is 0.243 e. The summed E-state index contributed by atoms with van der Waals surface area (Å²) in [6.07, 6.45) is 3.02. The van der Waals surface area contributed by atoms with Crippen molar-refractivity contribution in [3.63, 3.8) is 0 Å². The summed E-state index contributed by atoms with van der Waals surface area (Å²) in [4.78, 5) is 25.2. The molecule has 1 aromatic rings. The second-order valence-corrected chi connectivity index (χ2v) is 8.63. The zero-order valence-electron chi connectivity index (χ0n) is 16.5. The summed E-state index contributed by atoms with van der Waals surface area (Å²) in [6.45, 7) is 2.15. The van der Waals surface area contributed by atoms with E-state index in [0.717, 1.165) is 24.6 Å². The predicted molar refractivity (Wildman–Crippen MR) is 110 cm³/mol. The molecule has 1 amide bonds. The van der Waals surface area contributed by atoms with Gasteiger partial charge in [-0.25, -0.2) is 0 Å². The molecule has 3 rings (SSSR count). The summed E-state index contributed by atoms with van der Waals surface area (Å²) in [7, 11) is 1.56. The molecule has 6 nitrogen and oxygen atoms in total. The highest BCUT2D eigenvalue weighted by atomic mass is 32.2. The molecule has 1 heterocycles. The Bertz CT molecular complexity index is 916. The number of carbonyl (C=O) groups excluding carboxylic acids is 2. The van der Waals surface area contributed by atoms with E-state index in [9.17, 15) is 20.1 Å². The number of Topliss-reactive ketones (excluding diaryl/α,β-unsaturated/α-hetero) is 1. The quantitative estimate of drug-likeness (QED) is 0.742. The van der Waals surface area contributed by atoms with E-state index in [1.807, 2.05) is 0 Å². The third-order valence-electron chi connectivity index (χ3n) is 5.94. The number of ketones is 1. The first kappa shape index (κ1) is 21.0. The van der Waals surface area contributed by atoms with Gasteiger partial charge in [0.15, 0.2) is 5.78 Å². The van der Waals surface area contributed by atoms with Gasteiger partial charge >= 0.3 is 0 Å². The molecule has 1 fully saturated rings. The SMILES string of the molecule is COc1ccc(C(=O)CSC2=C(C#N)C3(CCC(C)CC3)C(C#N)C(=O)N2)cc1. The minimum Gasteiger partial charge on any atom is -0.497 e. The van der Waals surface area contributed by atoms with Crippen molar-refractivity contribution in [1.29, 1.82) is 10.5 Å². The first-order chi connectivity index (χ1) is 13.9. The van der Waals surface area contributed by atoms with Crippen molar-refractivity contribution < 1.29 is 14.3 Å². The Labute approximate surface area is 174 Å². The zero-order chi connectivity index (χ0) is 21.0. The molecule has 7 heteroatoms. The monoisotopic (exact) mass is 409 g/mol. The predicted octanol–water partition coefficient (Wildman–Crippen LogP) is 3.81. The van der Waals surface area contributed by atoms with E-state index in [0.29, 0.717) is 40.7 Å². The highest BCUT2D eigenvalue weighted by molar-refractivity contribution is 8.03. The summed E-state index contributed by atoms with van der Waals surface area (Å²) in [5.74, 6) is -0.0781. The lowest BCUT2D eigenvalue weighted by Gasteiger charge is -2.44. The van der Waals surface area contributed by atoms with Crippen LogP contribution in [0.25, 0.3) is 0 Å². The van der Waals surface area contributed by atoms with E-state index >= 15 is 0 Å². The van der Waals surface area contributed by atoms with Gasteiger partial charge in [-0.3, -0.25) is 9.59 Å². The molecule has 1 aromatic carbocycles. The van der Waals surface area contributed by atoms with Crippen molar-refractivity contribution in [1.82, 2.24) is 5.32 Å². The van der Waals surface area contributed by atoms with Crippen LogP contribution in [0.15, 0.2) is 34.9 Å². The van der Waals surface area contributed by atoms with Gasteiger partial charge in [-0.2, -0.15) is 10.5 Å². The summed E-state index contributed by atoms with van der Waals surface area (Å²) in [5, 5.41) is 22.7. The summed E-state index contributed by atoms with van der Waals surface area (Å²) in [6, 6.07) is 11.2. The first-order valence-corrected chi connectivity index (χ1v) is 10.6. The Hall–Kier alpha value is -2.77. The van der Waals surface area contributed by atoms with E-state index in [4.69, 9.17) is 4.74 Å². The molecule has 1 spiro atoms. The molecule has 1 atom stereocenters. The second-order valence-electron chi connectivity index (χ2n) is 7.65. The lowest BCUT2D eigenvalue weighted by atomic mass is 9.59. The van der Waals surface area contributed by atoms with Crippen molar-refractivity contribution in [2.75, 3.05) is 12.9 Å². The highest BCUT2D eigenvalue weighted by Gasteiger charge is 2.52. The van der Waals surface area contributed by atoms with Gasteiger partial charge in [-0.15, -0.1) is 0 Å². The molecule has 1 aliphatic heterocycles. The molecule has 0 saturated heterocycles. The Kier molecular flexibility index (Phi) is 6.30. The van der Waals surface area contributed by atoms with Crippen molar-refractivity contribution in [2.24, 2.45) is 17.3 Å². The van der Waals surface area contributed by atoms with E-state index in [-0.39, 0.29) is 17.4 Å². The average molecular weight is 410 g/mol. The Morgan fingerprint density at radius 3 is 2.48 bits per heavy atom. The van der Waals surface area contributed by atoms with Crippen molar-refractivity contribution in [3.8, 4) is 17.9 Å². The molecular weight excluding hydrogens is 386 g/mol. The van der Waals surface area contributed by atoms with Crippen LogP contribution in [0.5, 0.6) is 5.75 Å².